The zero-order valence-corrected chi connectivity index (χ0v) is 18.1. The Morgan fingerprint density at radius 1 is 0.828 bits per heavy atom. The Kier molecular flexibility index (Phi) is 8.65. The largest absolute Gasteiger partial charge is 0.443 e. The van der Waals surface area contributed by atoms with E-state index in [9.17, 15) is 28.8 Å². The number of thiol groups is 3. The Labute approximate surface area is 179 Å². The van der Waals surface area contributed by atoms with Gasteiger partial charge in [0.25, 0.3) is 0 Å². The molecule has 1 aromatic heterocycles. The number of nitrogens with zero attached hydrogens (tertiary/aromatic N) is 1. The van der Waals surface area contributed by atoms with Crippen LogP contribution in [0.15, 0.2) is 14.4 Å². The van der Waals surface area contributed by atoms with Crippen molar-refractivity contribution >= 4 is 55.8 Å². The molecule has 0 aliphatic carbocycles. The summed E-state index contributed by atoms with van der Waals surface area (Å²) in [4.78, 5) is 75.2. The van der Waals surface area contributed by atoms with E-state index in [1.165, 1.54) is 20.8 Å². The molecule has 2 N–H and O–H groups in total. The van der Waals surface area contributed by atoms with Gasteiger partial charge in [0.2, 0.25) is 0 Å². The molecule has 0 radical (unpaired) electrons. The van der Waals surface area contributed by atoms with Crippen LogP contribution in [0.2, 0.25) is 0 Å². The van der Waals surface area contributed by atoms with Gasteiger partial charge < -0.3 is 14.2 Å². The molecule has 3 atom stereocenters. The van der Waals surface area contributed by atoms with Crippen molar-refractivity contribution in [1.29, 1.82) is 0 Å². The number of rotatable bonds is 8. The van der Waals surface area contributed by atoms with Gasteiger partial charge in [0.05, 0.1) is 15.7 Å². The third-order valence-electron chi connectivity index (χ3n) is 3.07. The molecular formula is C14H19N3O9S3. The summed E-state index contributed by atoms with van der Waals surface area (Å²) in [7, 11) is 0. The number of aromatic nitrogens is 3. The van der Waals surface area contributed by atoms with Gasteiger partial charge in [0.15, 0.2) is 6.54 Å². The van der Waals surface area contributed by atoms with Gasteiger partial charge >= 0.3 is 41.0 Å². The van der Waals surface area contributed by atoms with Crippen molar-refractivity contribution in [3.05, 3.63) is 31.5 Å². The molecule has 15 heteroatoms. The molecule has 0 fully saturated rings. The van der Waals surface area contributed by atoms with E-state index in [4.69, 9.17) is 14.2 Å². The molecule has 0 saturated heterocycles. The number of hydrogen-bond acceptors (Lipinski definition) is 12. The van der Waals surface area contributed by atoms with E-state index in [2.05, 4.69) is 37.9 Å². The first-order chi connectivity index (χ1) is 13.3. The molecule has 0 aliphatic rings. The van der Waals surface area contributed by atoms with Gasteiger partial charge in [-0.2, -0.15) is 37.9 Å². The van der Waals surface area contributed by atoms with Crippen molar-refractivity contribution in [2.24, 2.45) is 0 Å². The highest BCUT2D eigenvalue weighted by atomic mass is 32.1. The van der Waals surface area contributed by atoms with E-state index in [0.717, 1.165) is 0 Å². The number of ether oxygens (including phenoxy) is 3. The normalized spacial score (nSPS) is 16.1. The Morgan fingerprint density at radius 2 is 1.14 bits per heavy atom. The quantitative estimate of drug-likeness (QED) is 0.172. The van der Waals surface area contributed by atoms with Crippen LogP contribution in [0.1, 0.15) is 20.8 Å². The third kappa shape index (κ3) is 7.01. The van der Waals surface area contributed by atoms with Gasteiger partial charge in [-0.1, -0.05) is 0 Å². The number of H-pyrrole nitrogens is 2. The summed E-state index contributed by atoms with van der Waals surface area (Å²) in [6.45, 7) is 2.83. The summed E-state index contributed by atoms with van der Waals surface area (Å²) in [5.74, 6) is -6.21. The molecule has 162 valence electrons. The molecule has 1 heterocycles. The number of aromatic amines is 2. The van der Waals surface area contributed by atoms with Crippen LogP contribution in [0.25, 0.3) is 0 Å². The smallest absolute Gasteiger partial charge is 0.386 e. The minimum Gasteiger partial charge on any atom is -0.386 e. The highest BCUT2D eigenvalue weighted by molar-refractivity contribution is 7.82. The van der Waals surface area contributed by atoms with Crippen molar-refractivity contribution in [3.63, 3.8) is 0 Å². The fourth-order valence-corrected chi connectivity index (χ4v) is 1.82. The summed E-state index contributed by atoms with van der Waals surface area (Å²) < 4.78 is 15.3. The van der Waals surface area contributed by atoms with Gasteiger partial charge in [-0.05, 0) is 20.8 Å². The summed E-state index contributed by atoms with van der Waals surface area (Å²) in [6, 6.07) is 0. The van der Waals surface area contributed by atoms with Gasteiger partial charge in [-0.3, -0.25) is 24.4 Å². The third-order valence-corrected chi connectivity index (χ3v) is 3.71. The van der Waals surface area contributed by atoms with Crippen molar-refractivity contribution in [2.45, 2.75) is 49.0 Å². The summed E-state index contributed by atoms with van der Waals surface area (Å²) >= 11 is 11.6. The predicted octanol–water partition coefficient (Wildman–Crippen LogP) is -1.54. The van der Waals surface area contributed by atoms with Crippen LogP contribution in [0.5, 0.6) is 0 Å². The molecule has 3 unspecified atom stereocenters. The average Bonchev–Trinajstić information content (AvgIpc) is 2.57. The van der Waals surface area contributed by atoms with E-state index >= 15 is 0 Å². The zero-order valence-electron chi connectivity index (χ0n) is 15.4. The number of esters is 3. The van der Waals surface area contributed by atoms with Crippen molar-refractivity contribution in [2.75, 3.05) is 0 Å². The Hall–Kier alpha value is -2.13. The SMILES string of the molecule is CC(S)C(=O)OC(Cn1c(=O)[nH]c(=O)[nH]c1=O)(OC(=O)C(C)S)OC(=O)C(C)S. The van der Waals surface area contributed by atoms with Crippen LogP contribution in [-0.2, 0) is 35.1 Å². The van der Waals surface area contributed by atoms with Crippen LogP contribution in [0, 0.1) is 0 Å². The summed E-state index contributed by atoms with van der Waals surface area (Å²) in [5.41, 5.74) is -3.60. The molecule has 1 aromatic rings. The fourth-order valence-electron chi connectivity index (χ4n) is 1.66. The molecule has 12 nitrogen and oxygen atoms in total. The molecular weight excluding hydrogens is 450 g/mol. The van der Waals surface area contributed by atoms with E-state index in [1.807, 2.05) is 0 Å². The lowest BCUT2D eigenvalue weighted by molar-refractivity contribution is -0.335. The molecule has 1 rings (SSSR count). The lowest BCUT2D eigenvalue weighted by Gasteiger charge is -2.32. The molecule has 0 aromatic carbocycles. The first-order valence-electron chi connectivity index (χ1n) is 7.94. The topological polar surface area (TPSA) is 167 Å². The number of carbonyl (C=O) groups is 3. The minimum atomic E-state index is -2.88. The van der Waals surface area contributed by atoms with Crippen molar-refractivity contribution in [1.82, 2.24) is 14.5 Å². The molecule has 0 saturated carbocycles. The monoisotopic (exact) mass is 469 g/mol. The molecule has 29 heavy (non-hydrogen) atoms. The van der Waals surface area contributed by atoms with Crippen LogP contribution in [0.3, 0.4) is 0 Å². The zero-order chi connectivity index (χ0) is 22.5. The Bertz CT molecular complexity index is 859. The van der Waals surface area contributed by atoms with Gasteiger partial charge in [-0.15, -0.1) is 0 Å². The van der Waals surface area contributed by atoms with Crippen LogP contribution < -0.4 is 17.1 Å². The van der Waals surface area contributed by atoms with Gasteiger partial charge in [-0.25, -0.2) is 19.0 Å². The Balaban J connectivity index is 3.60. The van der Waals surface area contributed by atoms with Crippen LogP contribution in [-0.4, -0.2) is 54.2 Å². The molecule has 0 bridgehead atoms. The number of hydrogen-bond donors (Lipinski definition) is 5. The van der Waals surface area contributed by atoms with Crippen LogP contribution in [0.4, 0.5) is 0 Å². The predicted molar refractivity (Wildman–Crippen MR) is 108 cm³/mol. The van der Waals surface area contributed by atoms with E-state index in [-0.39, 0.29) is 0 Å². The molecule has 0 amide bonds. The second-order valence-corrected chi connectivity index (χ2v) is 8.07. The molecule has 0 aliphatic heterocycles. The van der Waals surface area contributed by atoms with Crippen molar-refractivity contribution < 1.29 is 28.6 Å². The standard InChI is InChI=1S/C14H19N3O9S3/c1-5(27)8(18)24-14(25-9(19)6(2)28,26-10(20)7(3)29)4-17-12(22)15-11(21)16-13(17)23/h5-7,27-29H,4H2,1-3H3,(H2,15,16,21,22,23). The maximum Gasteiger partial charge on any atom is 0.443 e. The Morgan fingerprint density at radius 3 is 1.41 bits per heavy atom. The summed E-state index contributed by atoms with van der Waals surface area (Å²) in [5, 5.41) is -3.21. The second-order valence-electron chi connectivity index (χ2n) is 5.75. The maximum atomic E-state index is 12.1. The fraction of sp³-hybridized carbons (Fsp3) is 0.571. The summed E-state index contributed by atoms with van der Waals surface area (Å²) in [6.07, 6.45) is 0. The number of carbonyl (C=O) groups excluding carboxylic acids is 3. The highest BCUT2D eigenvalue weighted by Crippen LogP contribution is 2.23. The van der Waals surface area contributed by atoms with E-state index in [0.29, 0.717) is 4.57 Å². The average molecular weight is 470 g/mol. The number of nitrogens with one attached hydrogen (secondary N) is 2. The van der Waals surface area contributed by atoms with Gasteiger partial charge in [0, 0.05) is 0 Å². The highest BCUT2D eigenvalue weighted by Gasteiger charge is 2.47. The van der Waals surface area contributed by atoms with Crippen LogP contribution >= 0.6 is 37.9 Å². The van der Waals surface area contributed by atoms with E-state index < -0.39 is 63.2 Å². The van der Waals surface area contributed by atoms with E-state index in [1.54, 1.807) is 9.97 Å². The second kappa shape index (κ2) is 10.1. The first kappa shape index (κ1) is 24.9. The lowest BCUT2D eigenvalue weighted by Crippen LogP contribution is -2.55. The minimum absolute atomic E-state index is 0.296. The van der Waals surface area contributed by atoms with Crippen molar-refractivity contribution in [3.8, 4) is 0 Å². The maximum absolute atomic E-state index is 12.1. The van der Waals surface area contributed by atoms with Gasteiger partial charge in [0.1, 0.15) is 0 Å². The first-order valence-corrected chi connectivity index (χ1v) is 9.49. The lowest BCUT2D eigenvalue weighted by atomic mass is 10.4. The molecule has 0 spiro atoms.